The lowest BCUT2D eigenvalue weighted by molar-refractivity contribution is 0.169. The van der Waals surface area contributed by atoms with Gasteiger partial charge in [0, 0.05) is 0 Å². The second-order valence-electron chi connectivity index (χ2n) is 4.78. The summed E-state index contributed by atoms with van der Waals surface area (Å²) < 4.78 is 0. The maximum Gasteiger partial charge on any atom is 0.0577 e. The fourth-order valence-electron chi connectivity index (χ4n) is 1.84. The van der Waals surface area contributed by atoms with Crippen molar-refractivity contribution in [2.24, 2.45) is 0 Å². The maximum absolute atomic E-state index is 9.58. The van der Waals surface area contributed by atoms with Crippen LogP contribution in [0, 0.1) is 0 Å². The summed E-state index contributed by atoms with van der Waals surface area (Å²) in [5.41, 5.74) is 0. The molecular formula is C16H30O. The number of hydrogen-bond acceptors (Lipinski definition) is 1. The summed E-state index contributed by atoms with van der Waals surface area (Å²) in [6.07, 6.45) is 17.8. The van der Waals surface area contributed by atoms with E-state index in [9.17, 15) is 5.11 Å². The number of unbranched alkanes of at least 4 members (excludes halogenated alkanes) is 6. The molecule has 0 aliphatic rings. The van der Waals surface area contributed by atoms with Crippen LogP contribution in [0.1, 0.15) is 71.1 Å². The monoisotopic (exact) mass is 238 g/mol. The first kappa shape index (κ1) is 16.4. The Bertz CT molecular complexity index is 184. The zero-order valence-electron chi connectivity index (χ0n) is 11.5. The molecule has 0 spiro atoms. The van der Waals surface area contributed by atoms with Crippen LogP contribution in [0.2, 0.25) is 0 Å². The average Bonchev–Trinajstić information content (AvgIpc) is 2.34. The van der Waals surface area contributed by atoms with Crippen LogP contribution in [0.4, 0.5) is 0 Å². The molecular weight excluding hydrogens is 208 g/mol. The molecule has 100 valence electrons. The molecule has 0 bridgehead atoms. The maximum atomic E-state index is 9.58. The van der Waals surface area contributed by atoms with Gasteiger partial charge in [0.15, 0.2) is 0 Å². The van der Waals surface area contributed by atoms with Crippen LogP contribution in [0.5, 0.6) is 0 Å². The van der Waals surface area contributed by atoms with E-state index in [-0.39, 0.29) is 6.10 Å². The first-order chi connectivity index (χ1) is 8.31. The lowest BCUT2D eigenvalue weighted by Crippen LogP contribution is -2.03. The normalized spacial score (nSPS) is 13.1. The molecule has 0 saturated carbocycles. The van der Waals surface area contributed by atoms with Gasteiger partial charge in [0.1, 0.15) is 0 Å². The van der Waals surface area contributed by atoms with Gasteiger partial charge in [-0.3, -0.25) is 0 Å². The van der Waals surface area contributed by atoms with E-state index in [0.717, 1.165) is 19.3 Å². The molecule has 1 N–H and O–H groups in total. The third-order valence-corrected chi connectivity index (χ3v) is 3.00. The third kappa shape index (κ3) is 13.4. The van der Waals surface area contributed by atoms with E-state index in [1.807, 2.05) is 6.08 Å². The summed E-state index contributed by atoms with van der Waals surface area (Å²) in [6, 6.07) is 0. The van der Waals surface area contributed by atoms with Crippen molar-refractivity contribution in [2.45, 2.75) is 77.2 Å². The molecule has 0 aliphatic carbocycles. The molecule has 0 rings (SSSR count). The van der Waals surface area contributed by atoms with Crippen molar-refractivity contribution in [1.29, 1.82) is 0 Å². The Hall–Kier alpha value is -0.560. The van der Waals surface area contributed by atoms with Gasteiger partial charge in [-0.25, -0.2) is 0 Å². The van der Waals surface area contributed by atoms with Crippen LogP contribution in [-0.4, -0.2) is 11.2 Å². The average molecular weight is 238 g/mol. The first-order valence-corrected chi connectivity index (χ1v) is 7.25. The van der Waals surface area contributed by atoms with Gasteiger partial charge in [0.25, 0.3) is 0 Å². The van der Waals surface area contributed by atoms with Gasteiger partial charge in [0.2, 0.25) is 0 Å². The fourth-order valence-corrected chi connectivity index (χ4v) is 1.84. The Morgan fingerprint density at radius 3 is 2.41 bits per heavy atom. The van der Waals surface area contributed by atoms with E-state index in [1.54, 1.807) is 0 Å². The molecule has 0 fully saturated rings. The van der Waals surface area contributed by atoms with Crippen molar-refractivity contribution in [2.75, 3.05) is 0 Å². The van der Waals surface area contributed by atoms with Gasteiger partial charge < -0.3 is 5.11 Å². The van der Waals surface area contributed by atoms with Crippen molar-refractivity contribution in [3.63, 3.8) is 0 Å². The molecule has 1 atom stereocenters. The summed E-state index contributed by atoms with van der Waals surface area (Å²) in [5.74, 6) is 0. The first-order valence-electron chi connectivity index (χ1n) is 7.25. The smallest absolute Gasteiger partial charge is 0.0577 e. The molecule has 1 heteroatoms. The molecule has 0 aromatic carbocycles. The van der Waals surface area contributed by atoms with Crippen LogP contribution in [0.3, 0.4) is 0 Å². The molecule has 1 unspecified atom stereocenters. The Labute approximate surface area is 108 Å². The minimum Gasteiger partial charge on any atom is -0.393 e. The van der Waals surface area contributed by atoms with Crippen LogP contribution >= 0.6 is 0 Å². The van der Waals surface area contributed by atoms with Crippen molar-refractivity contribution in [1.82, 2.24) is 0 Å². The Morgan fingerprint density at radius 2 is 1.71 bits per heavy atom. The van der Waals surface area contributed by atoms with Crippen LogP contribution in [0.15, 0.2) is 24.8 Å². The van der Waals surface area contributed by atoms with Gasteiger partial charge >= 0.3 is 0 Å². The topological polar surface area (TPSA) is 20.2 Å². The molecule has 0 aromatic heterocycles. The summed E-state index contributed by atoms with van der Waals surface area (Å²) in [4.78, 5) is 0. The molecule has 0 radical (unpaired) electrons. The summed E-state index contributed by atoms with van der Waals surface area (Å²) >= 11 is 0. The van der Waals surface area contributed by atoms with Crippen LogP contribution < -0.4 is 0 Å². The highest BCUT2D eigenvalue weighted by Gasteiger charge is 1.98. The van der Waals surface area contributed by atoms with E-state index < -0.39 is 0 Å². The molecule has 17 heavy (non-hydrogen) atoms. The lowest BCUT2D eigenvalue weighted by atomic mass is 10.1. The molecule has 0 amide bonds. The number of hydrogen-bond donors (Lipinski definition) is 1. The predicted octanol–water partition coefficient (Wildman–Crippen LogP) is 5.01. The molecule has 0 saturated heterocycles. The summed E-state index contributed by atoms with van der Waals surface area (Å²) in [5, 5.41) is 9.58. The summed E-state index contributed by atoms with van der Waals surface area (Å²) in [7, 11) is 0. The largest absolute Gasteiger partial charge is 0.393 e. The van der Waals surface area contributed by atoms with E-state index in [0.29, 0.717) is 0 Å². The lowest BCUT2D eigenvalue weighted by Gasteiger charge is -2.04. The highest BCUT2D eigenvalue weighted by atomic mass is 16.3. The van der Waals surface area contributed by atoms with Crippen LogP contribution in [-0.2, 0) is 0 Å². The Balaban J connectivity index is 3.21. The zero-order valence-corrected chi connectivity index (χ0v) is 11.5. The fraction of sp³-hybridized carbons (Fsp3) is 0.750. The minimum atomic E-state index is -0.186. The highest BCUT2D eigenvalue weighted by molar-refractivity contribution is 4.84. The van der Waals surface area contributed by atoms with Gasteiger partial charge in [-0.15, -0.1) is 6.58 Å². The highest BCUT2D eigenvalue weighted by Crippen LogP contribution is 2.08. The SMILES string of the molecule is C=CCCC(O)C/C=C\CCCCCCCC. The van der Waals surface area contributed by atoms with Gasteiger partial charge in [-0.05, 0) is 32.1 Å². The van der Waals surface area contributed by atoms with Gasteiger partial charge in [-0.2, -0.15) is 0 Å². The second-order valence-corrected chi connectivity index (χ2v) is 4.78. The van der Waals surface area contributed by atoms with Crippen molar-refractivity contribution in [3.8, 4) is 0 Å². The number of aliphatic hydroxyl groups is 1. The second kappa shape index (κ2) is 13.5. The Morgan fingerprint density at radius 1 is 1.00 bits per heavy atom. The molecule has 0 aromatic rings. The van der Waals surface area contributed by atoms with Crippen molar-refractivity contribution < 1.29 is 5.11 Å². The predicted molar refractivity (Wildman–Crippen MR) is 77.2 cm³/mol. The van der Waals surface area contributed by atoms with Crippen LogP contribution in [0.25, 0.3) is 0 Å². The summed E-state index contributed by atoms with van der Waals surface area (Å²) in [6.45, 7) is 5.91. The van der Waals surface area contributed by atoms with E-state index >= 15 is 0 Å². The molecule has 0 aliphatic heterocycles. The number of aliphatic hydroxyl groups excluding tert-OH is 1. The van der Waals surface area contributed by atoms with E-state index in [1.165, 1.54) is 44.9 Å². The van der Waals surface area contributed by atoms with E-state index in [2.05, 4.69) is 25.7 Å². The number of allylic oxidation sites excluding steroid dienone is 2. The quantitative estimate of drug-likeness (QED) is 0.374. The number of rotatable bonds is 12. The zero-order chi connectivity index (χ0) is 12.8. The molecule has 1 nitrogen and oxygen atoms in total. The van der Waals surface area contributed by atoms with Crippen molar-refractivity contribution in [3.05, 3.63) is 24.8 Å². The molecule has 0 heterocycles. The third-order valence-electron chi connectivity index (χ3n) is 3.00. The van der Waals surface area contributed by atoms with E-state index in [4.69, 9.17) is 0 Å². The van der Waals surface area contributed by atoms with Crippen molar-refractivity contribution >= 4 is 0 Å². The van der Waals surface area contributed by atoms with Gasteiger partial charge in [0.05, 0.1) is 6.10 Å². The van der Waals surface area contributed by atoms with Gasteiger partial charge in [-0.1, -0.05) is 57.3 Å². The standard InChI is InChI=1S/C16H30O/c1-3-5-7-8-9-10-11-12-13-15-16(17)14-6-4-2/h4,12-13,16-17H,2-3,5-11,14-15H2,1H3/b13-12-. The Kier molecular flexibility index (Phi) is 13.1. The minimum absolute atomic E-state index is 0.186.